The zero-order chi connectivity index (χ0) is 20.6. The second-order valence-corrected chi connectivity index (χ2v) is 8.96. The number of anilines is 1. The SMILES string of the molecule is COC(=O)CSc1cncc(N(C)CCCOc2ccc(S(C)(=O)=O)cc2)n1. The van der Waals surface area contributed by atoms with Gasteiger partial charge in [0.2, 0.25) is 0 Å². The highest BCUT2D eigenvalue weighted by Gasteiger charge is 2.08. The van der Waals surface area contributed by atoms with Gasteiger partial charge in [-0.25, -0.2) is 13.4 Å². The highest BCUT2D eigenvalue weighted by Crippen LogP contribution is 2.18. The Labute approximate surface area is 169 Å². The molecule has 1 aromatic heterocycles. The van der Waals surface area contributed by atoms with Crippen LogP contribution in [0.2, 0.25) is 0 Å². The predicted molar refractivity (Wildman–Crippen MR) is 108 cm³/mol. The van der Waals surface area contributed by atoms with E-state index in [2.05, 4.69) is 14.7 Å². The van der Waals surface area contributed by atoms with E-state index in [1.54, 1.807) is 24.5 Å². The largest absolute Gasteiger partial charge is 0.494 e. The highest BCUT2D eigenvalue weighted by molar-refractivity contribution is 7.99. The van der Waals surface area contributed by atoms with Gasteiger partial charge in [-0.2, -0.15) is 0 Å². The van der Waals surface area contributed by atoms with Crippen LogP contribution in [0.3, 0.4) is 0 Å². The van der Waals surface area contributed by atoms with Gasteiger partial charge in [0, 0.05) is 19.8 Å². The maximum absolute atomic E-state index is 11.4. The Morgan fingerprint density at radius 2 is 1.93 bits per heavy atom. The fraction of sp³-hybridized carbons (Fsp3) is 0.389. The van der Waals surface area contributed by atoms with Crippen molar-refractivity contribution in [3.8, 4) is 5.75 Å². The van der Waals surface area contributed by atoms with Crippen molar-refractivity contribution in [2.45, 2.75) is 16.3 Å². The van der Waals surface area contributed by atoms with E-state index < -0.39 is 9.84 Å². The normalized spacial score (nSPS) is 11.1. The standard InChI is InChI=1S/C18H23N3O5S2/c1-21(16-11-19-12-17(20-16)27-13-18(22)25-2)9-4-10-26-14-5-7-15(8-6-14)28(3,23)24/h5-8,11-12H,4,9-10,13H2,1-3H3. The molecule has 1 heterocycles. The highest BCUT2D eigenvalue weighted by atomic mass is 32.2. The third-order valence-electron chi connectivity index (χ3n) is 3.71. The molecule has 2 rings (SSSR count). The molecule has 0 aliphatic heterocycles. The Morgan fingerprint density at radius 3 is 2.57 bits per heavy atom. The van der Waals surface area contributed by atoms with Gasteiger partial charge in [0.15, 0.2) is 9.84 Å². The van der Waals surface area contributed by atoms with E-state index in [1.165, 1.54) is 37.3 Å². The average molecular weight is 426 g/mol. The Morgan fingerprint density at radius 1 is 1.21 bits per heavy atom. The van der Waals surface area contributed by atoms with Crippen molar-refractivity contribution in [2.24, 2.45) is 0 Å². The summed E-state index contributed by atoms with van der Waals surface area (Å²) in [7, 11) is 0.0473. The van der Waals surface area contributed by atoms with Crippen LogP contribution in [0.4, 0.5) is 5.82 Å². The molecule has 0 fully saturated rings. The summed E-state index contributed by atoms with van der Waals surface area (Å²) in [5.74, 6) is 1.19. The Bertz CT molecular complexity index is 888. The van der Waals surface area contributed by atoms with Crippen LogP contribution in [-0.4, -0.2) is 63.7 Å². The molecule has 0 spiro atoms. The van der Waals surface area contributed by atoms with Gasteiger partial charge >= 0.3 is 5.97 Å². The summed E-state index contributed by atoms with van der Waals surface area (Å²) in [4.78, 5) is 22.1. The number of nitrogens with zero attached hydrogens (tertiary/aromatic N) is 3. The van der Waals surface area contributed by atoms with Crippen LogP contribution in [0.25, 0.3) is 0 Å². The molecule has 0 saturated heterocycles. The summed E-state index contributed by atoms with van der Waals surface area (Å²) in [6.07, 6.45) is 5.18. The minimum Gasteiger partial charge on any atom is -0.494 e. The van der Waals surface area contributed by atoms with E-state index in [-0.39, 0.29) is 16.6 Å². The molecular formula is C18H23N3O5S2. The van der Waals surface area contributed by atoms with Crippen LogP contribution in [-0.2, 0) is 19.4 Å². The van der Waals surface area contributed by atoms with E-state index in [0.29, 0.717) is 29.7 Å². The van der Waals surface area contributed by atoms with Crippen LogP contribution in [0, 0.1) is 0 Å². The number of carbonyl (C=O) groups is 1. The van der Waals surface area contributed by atoms with Crippen LogP contribution in [0.1, 0.15) is 6.42 Å². The van der Waals surface area contributed by atoms with Gasteiger partial charge in [-0.15, -0.1) is 0 Å². The molecule has 0 N–H and O–H groups in total. The number of hydrogen-bond acceptors (Lipinski definition) is 9. The van der Waals surface area contributed by atoms with Gasteiger partial charge in [0.05, 0.1) is 36.8 Å². The summed E-state index contributed by atoms with van der Waals surface area (Å²) in [5.41, 5.74) is 0. The van der Waals surface area contributed by atoms with Crippen LogP contribution >= 0.6 is 11.8 Å². The molecule has 10 heteroatoms. The minimum absolute atomic E-state index is 0.185. The number of rotatable bonds is 10. The lowest BCUT2D eigenvalue weighted by Crippen LogP contribution is -2.21. The second kappa shape index (κ2) is 10.3. The molecule has 0 amide bonds. The number of ether oxygens (including phenoxy) is 2. The summed E-state index contributed by atoms with van der Waals surface area (Å²) in [6, 6.07) is 6.36. The number of carbonyl (C=O) groups excluding carboxylic acids is 1. The monoisotopic (exact) mass is 425 g/mol. The maximum Gasteiger partial charge on any atom is 0.316 e. The first kappa shape index (κ1) is 22.0. The molecule has 8 nitrogen and oxygen atoms in total. The zero-order valence-electron chi connectivity index (χ0n) is 16.0. The van der Waals surface area contributed by atoms with Gasteiger partial charge in [-0.3, -0.25) is 9.78 Å². The van der Waals surface area contributed by atoms with Crippen LogP contribution < -0.4 is 9.64 Å². The van der Waals surface area contributed by atoms with Gasteiger partial charge in [0.1, 0.15) is 16.6 Å². The summed E-state index contributed by atoms with van der Waals surface area (Å²) in [6.45, 7) is 1.17. The lowest BCUT2D eigenvalue weighted by atomic mass is 10.3. The number of hydrogen-bond donors (Lipinski definition) is 0. The van der Waals surface area contributed by atoms with Crippen LogP contribution in [0.15, 0.2) is 46.6 Å². The van der Waals surface area contributed by atoms with Gasteiger partial charge < -0.3 is 14.4 Å². The molecule has 1 aromatic carbocycles. The van der Waals surface area contributed by atoms with Crippen molar-refractivity contribution in [2.75, 3.05) is 44.2 Å². The van der Waals surface area contributed by atoms with Crippen molar-refractivity contribution < 1.29 is 22.7 Å². The van der Waals surface area contributed by atoms with Gasteiger partial charge in [-0.05, 0) is 30.7 Å². The summed E-state index contributed by atoms with van der Waals surface area (Å²) in [5, 5.41) is 0.650. The van der Waals surface area contributed by atoms with Crippen molar-refractivity contribution in [1.29, 1.82) is 0 Å². The maximum atomic E-state index is 11.4. The average Bonchev–Trinajstić information content (AvgIpc) is 2.69. The number of aromatic nitrogens is 2. The topological polar surface area (TPSA) is 98.7 Å². The minimum atomic E-state index is -3.20. The van der Waals surface area contributed by atoms with Crippen LogP contribution in [0.5, 0.6) is 5.75 Å². The van der Waals surface area contributed by atoms with Crippen molar-refractivity contribution in [3.05, 3.63) is 36.7 Å². The molecule has 0 atom stereocenters. The molecule has 0 radical (unpaired) electrons. The summed E-state index contributed by atoms with van der Waals surface area (Å²) < 4.78 is 33.2. The first-order valence-corrected chi connectivity index (χ1v) is 11.3. The molecular weight excluding hydrogens is 402 g/mol. The lowest BCUT2D eigenvalue weighted by molar-refractivity contribution is -0.137. The lowest BCUT2D eigenvalue weighted by Gasteiger charge is -2.18. The quantitative estimate of drug-likeness (QED) is 0.322. The van der Waals surface area contributed by atoms with Gasteiger partial charge in [0.25, 0.3) is 0 Å². The zero-order valence-corrected chi connectivity index (χ0v) is 17.6. The Balaban J connectivity index is 1.79. The van der Waals surface area contributed by atoms with E-state index in [9.17, 15) is 13.2 Å². The van der Waals surface area contributed by atoms with Crippen molar-refractivity contribution >= 4 is 33.4 Å². The molecule has 28 heavy (non-hydrogen) atoms. The van der Waals surface area contributed by atoms with E-state index in [1.807, 2.05) is 11.9 Å². The first-order chi connectivity index (χ1) is 13.3. The van der Waals surface area contributed by atoms with E-state index in [0.717, 1.165) is 6.42 Å². The van der Waals surface area contributed by atoms with Crippen molar-refractivity contribution in [1.82, 2.24) is 9.97 Å². The predicted octanol–water partition coefficient (Wildman–Crippen LogP) is 2.05. The van der Waals surface area contributed by atoms with E-state index >= 15 is 0 Å². The number of benzene rings is 1. The molecule has 0 unspecified atom stereocenters. The second-order valence-electron chi connectivity index (χ2n) is 5.95. The molecule has 0 saturated carbocycles. The first-order valence-electron chi connectivity index (χ1n) is 8.45. The molecule has 0 aliphatic rings. The third-order valence-corrected chi connectivity index (χ3v) is 5.72. The van der Waals surface area contributed by atoms with Gasteiger partial charge in [-0.1, -0.05) is 11.8 Å². The fourth-order valence-corrected chi connectivity index (χ4v) is 3.48. The third kappa shape index (κ3) is 7.01. The Kier molecular flexibility index (Phi) is 8.06. The van der Waals surface area contributed by atoms with Crippen molar-refractivity contribution in [3.63, 3.8) is 0 Å². The number of thioether (sulfide) groups is 1. The fourth-order valence-electron chi connectivity index (χ4n) is 2.17. The molecule has 2 aromatic rings. The Hall–Kier alpha value is -2.33. The number of methoxy groups -OCH3 is 1. The van der Waals surface area contributed by atoms with E-state index in [4.69, 9.17) is 4.74 Å². The number of esters is 1. The molecule has 0 aliphatic carbocycles. The molecule has 0 bridgehead atoms. The smallest absolute Gasteiger partial charge is 0.316 e. The number of sulfone groups is 1. The summed E-state index contributed by atoms with van der Waals surface area (Å²) >= 11 is 1.27. The molecule has 152 valence electrons.